The number of piperazine rings is 1. The van der Waals surface area contributed by atoms with Gasteiger partial charge in [0.05, 0.1) is 5.69 Å². The summed E-state index contributed by atoms with van der Waals surface area (Å²) in [6, 6.07) is 24.4. The summed E-state index contributed by atoms with van der Waals surface area (Å²) < 4.78 is 0. The van der Waals surface area contributed by atoms with Crippen molar-refractivity contribution < 1.29 is 0 Å². The molecule has 0 spiro atoms. The molecule has 1 aliphatic rings. The largest absolute Gasteiger partial charge is 0.356 e. The van der Waals surface area contributed by atoms with Gasteiger partial charge in [0.1, 0.15) is 0 Å². The van der Waals surface area contributed by atoms with Gasteiger partial charge < -0.3 is 15.5 Å². The van der Waals surface area contributed by atoms with E-state index in [1.54, 1.807) is 0 Å². The second-order valence-electron chi connectivity index (χ2n) is 7.08. The molecule has 2 heterocycles. The van der Waals surface area contributed by atoms with Gasteiger partial charge in [-0.05, 0) is 60.7 Å². The van der Waals surface area contributed by atoms with Gasteiger partial charge in [-0.2, -0.15) is 0 Å². The van der Waals surface area contributed by atoms with Crippen LogP contribution < -0.4 is 10.6 Å². The topological polar surface area (TPSA) is 43.4 Å². The summed E-state index contributed by atoms with van der Waals surface area (Å²) in [5, 5.41) is 7.54. The number of nitrogens with zero attached hydrogens (tertiary/aromatic N) is 3. The lowest BCUT2D eigenvalue weighted by Gasteiger charge is -2.36. The molecule has 4 rings (SSSR count). The maximum atomic E-state index is 5.63. The van der Waals surface area contributed by atoms with Crippen LogP contribution in [0.4, 0.5) is 17.1 Å². The highest BCUT2D eigenvalue weighted by molar-refractivity contribution is 7.80. The van der Waals surface area contributed by atoms with Gasteiger partial charge in [0, 0.05) is 56.0 Å². The van der Waals surface area contributed by atoms with Crippen LogP contribution in [0.3, 0.4) is 0 Å². The lowest BCUT2D eigenvalue weighted by Crippen LogP contribution is -2.49. The molecule has 6 heteroatoms. The fraction of sp³-hybridized carbons (Fsp3) is 0.217. The Kier molecular flexibility index (Phi) is 6.34. The zero-order chi connectivity index (χ0) is 19.9. The highest BCUT2D eigenvalue weighted by Crippen LogP contribution is 2.19. The molecule has 0 unspecified atom stereocenters. The molecule has 29 heavy (non-hydrogen) atoms. The monoisotopic (exact) mass is 403 g/mol. The van der Waals surface area contributed by atoms with Crippen molar-refractivity contribution in [3.63, 3.8) is 0 Å². The van der Waals surface area contributed by atoms with Gasteiger partial charge in [-0.3, -0.25) is 9.88 Å². The molecule has 148 valence electrons. The summed E-state index contributed by atoms with van der Waals surface area (Å²) in [4.78, 5) is 9.08. The van der Waals surface area contributed by atoms with E-state index in [2.05, 4.69) is 67.9 Å². The van der Waals surface area contributed by atoms with E-state index in [0.29, 0.717) is 0 Å². The van der Waals surface area contributed by atoms with Gasteiger partial charge in [0.25, 0.3) is 0 Å². The zero-order valence-electron chi connectivity index (χ0n) is 16.3. The Morgan fingerprint density at radius 3 is 2.14 bits per heavy atom. The number of thiocarbonyl (C=S) groups is 1. The van der Waals surface area contributed by atoms with Crippen molar-refractivity contribution in [1.82, 2.24) is 14.8 Å². The number of para-hydroxylation sites is 1. The number of hydrogen-bond acceptors (Lipinski definition) is 4. The number of anilines is 3. The molecule has 1 aromatic heterocycles. The first-order valence-electron chi connectivity index (χ1n) is 9.86. The first kappa shape index (κ1) is 19.4. The van der Waals surface area contributed by atoms with Crippen LogP contribution in [0.15, 0.2) is 79.0 Å². The summed E-state index contributed by atoms with van der Waals surface area (Å²) in [6.45, 7) is 4.71. The number of hydrogen-bond donors (Lipinski definition) is 2. The van der Waals surface area contributed by atoms with E-state index in [-0.39, 0.29) is 0 Å². The molecule has 0 atom stereocenters. The third kappa shape index (κ3) is 5.53. The number of benzene rings is 2. The van der Waals surface area contributed by atoms with Crippen LogP contribution in [-0.2, 0) is 6.54 Å². The van der Waals surface area contributed by atoms with E-state index in [0.717, 1.165) is 60.6 Å². The highest BCUT2D eigenvalue weighted by Gasteiger charge is 2.19. The molecule has 2 aromatic carbocycles. The van der Waals surface area contributed by atoms with Crippen molar-refractivity contribution in [2.24, 2.45) is 0 Å². The molecule has 0 radical (unpaired) electrons. The van der Waals surface area contributed by atoms with E-state index in [1.165, 1.54) is 0 Å². The molecule has 1 aliphatic heterocycles. The number of aromatic nitrogens is 1. The average Bonchev–Trinajstić information content (AvgIpc) is 2.77. The second-order valence-corrected chi connectivity index (χ2v) is 7.47. The van der Waals surface area contributed by atoms with Crippen molar-refractivity contribution >= 4 is 34.4 Å². The molecule has 5 nitrogen and oxygen atoms in total. The maximum absolute atomic E-state index is 5.63. The highest BCUT2D eigenvalue weighted by atomic mass is 32.1. The summed E-state index contributed by atoms with van der Waals surface area (Å²) in [5.41, 5.74) is 4.25. The Morgan fingerprint density at radius 2 is 1.45 bits per heavy atom. The van der Waals surface area contributed by atoms with Crippen molar-refractivity contribution in [3.05, 3.63) is 84.7 Å². The van der Waals surface area contributed by atoms with Crippen LogP contribution in [0.1, 0.15) is 5.69 Å². The zero-order valence-corrected chi connectivity index (χ0v) is 17.1. The van der Waals surface area contributed by atoms with Crippen molar-refractivity contribution in [2.45, 2.75) is 6.54 Å². The molecule has 1 saturated heterocycles. The number of rotatable bonds is 5. The molecule has 0 saturated carbocycles. The smallest absolute Gasteiger partial charge is 0.173 e. The van der Waals surface area contributed by atoms with Crippen molar-refractivity contribution in [1.29, 1.82) is 0 Å². The van der Waals surface area contributed by atoms with E-state index in [9.17, 15) is 0 Å². The van der Waals surface area contributed by atoms with Gasteiger partial charge in [0.2, 0.25) is 0 Å². The second kappa shape index (κ2) is 9.49. The maximum Gasteiger partial charge on any atom is 0.173 e. The molecule has 0 amide bonds. The Labute approximate surface area is 177 Å². The quantitative estimate of drug-likeness (QED) is 0.618. The van der Waals surface area contributed by atoms with Gasteiger partial charge in [-0.25, -0.2) is 0 Å². The van der Waals surface area contributed by atoms with Crippen LogP contribution in [0.5, 0.6) is 0 Å². The number of pyridine rings is 1. The first-order chi connectivity index (χ1) is 14.3. The molecule has 0 bridgehead atoms. The number of nitrogens with one attached hydrogen (secondary N) is 2. The third-order valence-electron chi connectivity index (χ3n) is 4.97. The molecule has 1 fully saturated rings. The minimum Gasteiger partial charge on any atom is -0.356 e. The first-order valence-corrected chi connectivity index (χ1v) is 10.3. The van der Waals surface area contributed by atoms with Crippen LogP contribution >= 0.6 is 12.2 Å². The van der Waals surface area contributed by atoms with Gasteiger partial charge in [-0.15, -0.1) is 0 Å². The lowest BCUT2D eigenvalue weighted by molar-refractivity contribution is 0.175. The molecule has 0 aliphatic carbocycles. The van der Waals surface area contributed by atoms with E-state index in [1.807, 2.05) is 36.5 Å². The van der Waals surface area contributed by atoms with E-state index >= 15 is 0 Å². The van der Waals surface area contributed by atoms with Gasteiger partial charge in [-0.1, -0.05) is 24.3 Å². The van der Waals surface area contributed by atoms with Crippen molar-refractivity contribution in [3.8, 4) is 0 Å². The molecule has 2 N–H and O–H groups in total. The summed E-state index contributed by atoms with van der Waals surface area (Å²) in [5.74, 6) is 0. The third-order valence-corrected chi connectivity index (χ3v) is 5.33. The van der Waals surface area contributed by atoms with Gasteiger partial charge in [0.15, 0.2) is 5.11 Å². The standard InChI is InChI=1S/C23H25N5S/c29-23(28-16-14-27(15-17-28)18-22-8-4-5-13-24-22)26-21-11-9-20(10-12-21)25-19-6-2-1-3-7-19/h1-13,25H,14-18H2,(H,26,29). The summed E-state index contributed by atoms with van der Waals surface area (Å²) >= 11 is 5.63. The molecule has 3 aromatic rings. The van der Waals surface area contributed by atoms with Crippen LogP contribution in [0.2, 0.25) is 0 Å². The fourth-order valence-electron chi connectivity index (χ4n) is 3.36. The SMILES string of the molecule is S=C(Nc1ccc(Nc2ccccc2)cc1)N1CCN(Cc2ccccn2)CC1. The predicted octanol–water partition coefficient (Wildman–Crippen LogP) is 4.34. The minimum atomic E-state index is 0.784. The fourth-order valence-corrected chi connectivity index (χ4v) is 3.66. The van der Waals surface area contributed by atoms with E-state index in [4.69, 9.17) is 12.2 Å². The van der Waals surface area contributed by atoms with E-state index < -0.39 is 0 Å². The summed E-state index contributed by atoms with van der Waals surface area (Å²) in [7, 11) is 0. The van der Waals surface area contributed by atoms with Crippen LogP contribution in [-0.4, -0.2) is 46.1 Å². The lowest BCUT2D eigenvalue weighted by atomic mass is 10.2. The van der Waals surface area contributed by atoms with Crippen LogP contribution in [0.25, 0.3) is 0 Å². The molecular weight excluding hydrogens is 378 g/mol. The molecular formula is C23H25N5S. The van der Waals surface area contributed by atoms with Crippen molar-refractivity contribution in [2.75, 3.05) is 36.8 Å². The van der Waals surface area contributed by atoms with Crippen LogP contribution in [0, 0.1) is 0 Å². The predicted molar refractivity (Wildman–Crippen MR) is 123 cm³/mol. The minimum absolute atomic E-state index is 0.784. The Hall–Kier alpha value is -2.96. The summed E-state index contributed by atoms with van der Waals surface area (Å²) in [6.07, 6.45) is 1.85. The Morgan fingerprint density at radius 1 is 0.793 bits per heavy atom. The Balaban J connectivity index is 1.25. The van der Waals surface area contributed by atoms with Gasteiger partial charge >= 0.3 is 0 Å². The Bertz CT molecular complexity index is 907. The average molecular weight is 404 g/mol. The normalized spacial score (nSPS) is 14.4.